The van der Waals surface area contributed by atoms with Gasteiger partial charge in [0.1, 0.15) is 17.2 Å². The maximum Gasteiger partial charge on any atom is 0.322 e. The summed E-state index contributed by atoms with van der Waals surface area (Å²) in [6.07, 6.45) is 1.93. The number of benzene rings is 2. The van der Waals surface area contributed by atoms with Gasteiger partial charge in [0.05, 0.1) is 26.9 Å². The molecule has 1 saturated heterocycles. The average Bonchev–Trinajstić information content (AvgIpc) is 3.18. The predicted molar refractivity (Wildman–Crippen MR) is 105 cm³/mol. The Morgan fingerprint density at radius 2 is 1.74 bits per heavy atom. The lowest BCUT2D eigenvalue weighted by Crippen LogP contribution is -2.34. The number of nitrogens with one attached hydrogen (secondary N) is 1. The molecule has 1 heterocycles. The summed E-state index contributed by atoms with van der Waals surface area (Å²) < 4.78 is 16.0. The monoisotopic (exact) mass is 370 g/mol. The van der Waals surface area contributed by atoms with Crippen LogP contribution in [0.5, 0.6) is 17.2 Å². The molecule has 27 heavy (non-hydrogen) atoms. The van der Waals surface area contributed by atoms with Gasteiger partial charge in [-0.2, -0.15) is 0 Å². The zero-order valence-electron chi connectivity index (χ0n) is 16.0. The van der Waals surface area contributed by atoms with Gasteiger partial charge in [-0.05, 0) is 37.5 Å². The number of anilines is 1. The maximum absolute atomic E-state index is 12.9. The lowest BCUT2D eigenvalue weighted by Gasteiger charge is -2.25. The molecule has 1 atom stereocenters. The SMILES string of the molecule is CCOc1ccc(C2CCCN2C(=O)Nc2cc(OC)cc(OC)c2)cc1. The van der Waals surface area contributed by atoms with E-state index in [1.165, 1.54) is 0 Å². The van der Waals surface area contributed by atoms with E-state index in [1.54, 1.807) is 32.4 Å². The second-order valence-corrected chi connectivity index (χ2v) is 6.38. The molecular formula is C21H26N2O4. The highest BCUT2D eigenvalue weighted by atomic mass is 16.5. The van der Waals surface area contributed by atoms with Gasteiger partial charge in [0.15, 0.2) is 0 Å². The molecule has 0 saturated carbocycles. The first-order valence-electron chi connectivity index (χ1n) is 9.18. The smallest absolute Gasteiger partial charge is 0.322 e. The molecule has 2 aromatic rings. The van der Waals surface area contributed by atoms with Crippen LogP contribution in [-0.4, -0.2) is 38.3 Å². The van der Waals surface area contributed by atoms with Crippen LogP contribution in [0.2, 0.25) is 0 Å². The van der Waals surface area contributed by atoms with Crippen molar-refractivity contribution in [2.45, 2.75) is 25.8 Å². The van der Waals surface area contributed by atoms with E-state index in [2.05, 4.69) is 5.32 Å². The van der Waals surface area contributed by atoms with Gasteiger partial charge in [0.2, 0.25) is 0 Å². The number of carbonyl (C=O) groups excluding carboxylic acids is 1. The van der Waals surface area contributed by atoms with Crippen LogP contribution in [-0.2, 0) is 0 Å². The van der Waals surface area contributed by atoms with Crippen molar-refractivity contribution in [1.82, 2.24) is 4.90 Å². The normalized spacial score (nSPS) is 16.1. The van der Waals surface area contributed by atoms with Gasteiger partial charge in [-0.15, -0.1) is 0 Å². The second-order valence-electron chi connectivity index (χ2n) is 6.38. The van der Waals surface area contributed by atoms with Gasteiger partial charge in [0, 0.05) is 30.4 Å². The van der Waals surface area contributed by atoms with Crippen molar-refractivity contribution >= 4 is 11.7 Å². The highest BCUT2D eigenvalue weighted by Crippen LogP contribution is 2.34. The zero-order valence-corrected chi connectivity index (χ0v) is 16.0. The Bertz CT molecular complexity index is 754. The topological polar surface area (TPSA) is 60.0 Å². The first kappa shape index (κ1) is 18.9. The van der Waals surface area contributed by atoms with Crippen molar-refractivity contribution in [2.75, 3.05) is 32.7 Å². The molecule has 144 valence electrons. The van der Waals surface area contributed by atoms with Crippen LogP contribution >= 0.6 is 0 Å². The summed E-state index contributed by atoms with van der Waals surface area (Å²) in [7, 11) is 3.17. The third kappa shape index (κ3) is 4.45. The van der Waals surface area contributed by atoms with E-state index in [4.69, 9.17) is 14.2 Å². The van der Waals surface area contributed by atoms with Gasteiger partial charge in [-0.25, -0.2) is 4.79 Å². The Morgan fingerprint density at radius 1 is 1.07 bits per heavy atom. The number of amides is 2. The highest BCUT2D eigenvalue weighted by Gasteiger charge is 2.30. The van der Waals surface area contributed by atoms with Gasteiger partial charge in [-0.3, -0.25) is 0 Å². The molecule has 1 aliphatic rings. The molecule has 0 aromatic heterocycles. The Kier molecular flexibility index (Phi) is 6.06. The number of ether oxygens (including phenoxy) is 3. The number of hydrogen-bond acceptors (Lipinski definition) is 4. The van der Waals surface area contributed by atoms with Crippen molar-refractivity contribution in [3.8, 4) is 17.2 Å². The van der Waals surface area contributed by atoms with E-state index < -0.39 is 0 Å². The van der Waals surface area contributed by atoms with Crippen LogP contribution in [0.3, 0.4) is 0 Å². The summed E-state index contributed by atoms with van der Waals surface area (Å²) in [4.78, 5) is 14.8. The van der Waals surface area contributed by atoms with Crippen LogP contribution in [0.1, 0.15) is 31.4 Å². The van der Waals surface area contributed by atoms with E-state index in [1.807, 2.05) is 36.1 Å². The van der Waals surface area contributed by atoms with Crippen LogP contribution in [0.4, 0.5) is 10.5 Å². The van der Waals surface area contributed by atoms with Gasteiger partial charge < -0.3 is 24.4 Å². The number of nitrogens with zero attached hydrogens (tertiary/aromatic N) is 1. The number of methoxy groups -OCH3 is 2. The molecule has 2 amide bonds. The number of carbonyl (C=O) groups is 1. The molecule has 1 aliphatic heterocycles. The van der Waals surface area contributed by atoms with Crippen molar-refractivity contribution in [3.05, 3.63) is 48.0 Å². The Labute approximate surface area is 160 Å². The summed E-state index contributed by atoms with van der Waals surface area (Å²) in [5.74, 6) is 2.11. The lowest BCUT2D eigenvalue weighted by atomic mass is 10.0. The largest absolute Gasteiger partial charge is 0.497 e. The minimum atomic E-state index is -0.123. The molecule has 0 spiro atoms. The maximum atomic E-state index is 12.9. The van der Waals surface area contributed by atoms with Gasteiger partial charge >= 0.3 is 6.03 Å². The Hall–Kier alpha value is -2.89. The quantitative estimate of drug-likeness (QED) is 0.815. The number of rotatable bonds is 6. The first-order valence-corrected chi connectivity index (χ1v) is 9.18. The molecule has 3 rings (SSSR count). The fourth-order valence-corrected chi connectivity index (χ4v) is 3.38. The standard InChI is InChI=1S/C21H26N2O4/c1-4-27-17-9-7-15(8-10-17)20-6-5-11-23(20)21(24)22-16-12-18(25-2)14-19(13-16)26-3/h7-10,12-14,20H,4-6,11H2,1-3H3,(H,22,24). The molecule has 6 nitrogen and oxygen atoms in total. The summed E-state index contributed by atoms with van der Waals surface area (Å²) >= 11 is 0. The molecule has 1 fully saturated rings. The van der Waals surface area contributed by atoms with Crippen molar-refractivity contribution in [2.24, 2.45) is 0 Å². The van der Waals surface area contributed by atoms with Crippen LogP contribution < -0.4 is 19.5 Å². The first-order chi connectivity index (χ1) is 13.1. The average molecular weight is 370 g/mol. The molecule has 0 radical (unpaired) electrons. The van der Waals surface area contributed by atoms with Crippen molar-refractivity contribution in [1.29, 1.82) is 0 Å². The number of likely N-dealkylation sites (tertiary alicyclic amines) is 1. The minimum absolute atomic E-state index is 0.0631. The van der Waals surface area contributed by atoms with E-state index in [-0.39, 0.29) is 12.1 Å². The molecular weight excluding hydrogens is 344 g/mol. The number of hydrogen-bond donors (Lipinski definition) is 1. The minimum Gasteiger partial charge on any atom is -0.497 e. The van der Waals surface area contributed by atoms with Gasteiger partial charge in [0.25, 0.3) is 0 Å². The summed E-state index contributed by atoms with van der Waals surface area (Å²) in [5, 5.41) is 2.97. The fraction of sp³-hybridized carbons (Fsp3) is 0.381. The summed E-state index contributed by atoms with van der Waals surface area (Å²) in [6, 6.07) is 13.3. The molecule has 0 aliphatic carbocycles. The lowest BCUT2D eigenvalue weighted by molar-refractivity contribution is 0.207. The highest BCUT2D eigenvalue weighted by molar-refractivity contribution is 5.90. The van der Waals surface area contributed by atoms with Crippen LogP contribution in [0.25, 0.3) is 0 Å². The fourth-order valence-electron chi connectivity index (χ4n) is 3.38. The van der Waals surface area contributed by atoms with E-state index in [0.29, 0.717) is 23.8 Å². The molecule has 6 heteroatoms. The molecule has 0 bridgehead atoms. The Balaban J connectivity index is 1.73. The van der Waals surface area contributed by atoms with Crippen LogP contribution in [0.15, 0.2) is 42.5 Å². The number of urea groups is 1. The zero-order chi connectivity index (χ0) is 19.2. The summed E-state index contributed by atoms with van der Waals surface area (Å²) in [5.41, 5.74) is 1.77. The van der Waals surface area contributed by atoms with Crippen molar-refractivity contribution in [3.63, 3.8) is 0 Å². The molecule has 1 N–H and O–H groups in total. The van der Waals surface area contributed by atoms with Crippen molar-refractivity contribution < 1.29 is 19.0 Å². The predicted octanol–water partition coefficient (Wildman–Crippen LogP) is 4.47. The Morgan fingerprint density at radius 3 is 2.33 bits per heavy atom. The van der Waals surface area contributed by atoms with E-state index in [9.17, 15) is 4.79 Å². The van der Waals surface area contributed by atoms with Crippen LogP contribution in [0, 0.1) is 0 Å². The molecule has 2 aromatic carbocycles. The van der Waals surface area contributed by atoms with E-state index >= 15 is 0 Å². The third-order valence-corrected chi connectivity index (χ3v) is 4.69. The summed E-state index contributed by atoms with van der Waals surface area (Å²) in [6.45, 7) is 3.33. The molecule has 1 unspecified atom stereocenters. The van der Waals surface area contributed by atoms with E-state index in [0.717, 1.165) is 30.7 Å². The third-order valence-electron chi connectivity index (χ3n) is 4.69. The second kappa shape index (κ2) is 8.66. The van der Waals surface area contributed by atoms with Gasteiger partial charge in [-0.1, -0.05) is 12.1 Å².